The number of thioether (sulfide) groups is 2. The molecule has 0 aromatic rings. The molecule has 186 valence electrons. The van der Waals surface area contributed by atoms with Crippen molar-refractivity contribution >= 4 is 47.2 Å². The standard InChI is InChI=1S/C19H37N5O6S2/c1-31-9-6-13(22-16(26)12(21)5-3-4-8-20)17(27)24-15(11-25)18(28)23-14(19(29)30)7-10-32-2/h12-15,25H,3-11,20-21H2,1-2H3,(H,22,26)(H,23,28)(H,24,27)(H,29,30). The third-order valence-corrected chi connectivity index (χ3v) is 5.88. The fourth-order valence-electron chi connectivity index (χ4n) is 2.65. The Bertz CT molecular complexity index is 599. The lowest BCUT2D eigenvalue weighted by molar-refractivity contribution is -0.142. The number of aliphatic carboxylic acids is 1. The molecule has 0 rings (SSSR count). The van der Waals surface area contributed by atoms with E-state index >= 15 is 0 Å². The van der Waals surface area contributed by atoms with Gasteiger partial charge >= 0.3 is 5.97 Å². The van der Waals surface area contributed by atoms with E-state index in [4.69, 9.17) is 11.5 Å². The molecule has 11 nitrogen and oxygen atoms in total. The number of carboxylic acids is 1. The molecule has 0 heterocycles. The molecular weight excluding hydrogens is 458 g/mol. The molecule has 3 amide bonds. The molecule has 9 N–H and O–H groups in total. The summed E-state index contributed by atoms with van der Waals surface area (Å²) < 4.78 is 0. The molecule has 0 saturated carbocycles. The average Bonchev–Trinajstić information content (AvgIpc) is 2.76. The number of carbonyl (C=O) groups is 4. The lowest BCUT2D eigenvalue weighted by atomic mass is 10.1. The first-order valence-electron chi connectivity index (χ1n) is 10.4. The molecule has 0 spiro atoms. The topological polar surface area (TPSA) is 197 Å². The third-order valence-electron chi connectivity index (χ3n) is 4.59. The first kappa shape index (κ1) is 30.5. The van der Waals surface area contributed by atoms with Crippen molar-refractivity contribution in [3.05, 3.63) is 0 Å². The number of aliphatic hydroxyl groups is 1. The second kappa shape index (κ2) is 18.0. The Morgan fingerprint density at radius 2 is 1.31 bits per heavy atom. The van der Waals surface area contributed by atoms with E-state index in [-0.39, 0.29) is 6.42 Å². The van der Waals surface area contributed by atoms with Crippen molar-refractivity contribution in [2.75, 3.05) is 37.2 Å². The first-order valence-corrected chi connectivity index (χ1v) is 13.2. The van der Waals surface area contributed by atoms with Crippen molar-refractivity contribution in [3.63, 3.8) is 0 Å². The molecule has 0 aromatic carbocycles. The van der Waals surface area contributed by atoms with E-state index in [0.717, 1.165) is 6.42 Å². The number of amides is 3. The maximum Gasteiger partial charge on any atom is 0.326 e. The predicted molar refractivity (Wildman–Crippen MR) is 127 cm³/mol. The Labute approximate surface area is 197 Å². The number of rotatable bonds is 18. The molecule has 4 atom stereocenters. The predicted octanol–water partition coefficient (Wildman–Crippen LogP) is -1.52. The van der Waals surface area contributed by atoms with Crippen LogP contribution in [0.15, 0.2) is 0 Å². The zero-order valence-electron chi connectivity index (χ0n) is 18.7. The summed E-state index contributed by atoms with van der Waals surface area (Å²) in [7, 11) is 0. The molecule has 4 unspecified atom stereocenters. The minimum absolute atomic E-state index is 0.197. The fourth-order valence-corrected chi connectivity index (χ4v) is 3.60. The van der Waals surface area contributed by atoms with Crippen molar-refractivity contribution in [3.8, 4) is 0 Å². The summed E-state index contributed by atoms with van der Waals surface area (Å²) in [5.74, 6) is -2.09. The zero-order chi connectivity index (χ0) is 24.5. The van der Waals surface area contributed by atoms with Gasteiger partial charge in [-0.25, -0.2) is 4.79 Å². The molecule has 0 aliphatic heterocycles. The Morgan fingerprint density at radius 1 is 0.812 bits per heavy atom. The lowest BCUT2D eigenvalue weighted by Gasteiger charge is -2.24. The van der Waals surface area contributed by atoms with Gasteiger partial charge in [0, 0.05) is 0 Å². The van der Waals surface area contributed by atoms with Gasteiger partial charge in [0.25, 0.3) is 0 Å². The van der Waals surface area contributed by atoms with Crippen molar-refractivity contribution in [1.29, 1.82) is 0 Å². The Hall–Kier alpha value is -1.54. The molecule has 0 fully saturated rings. The molecule has 32 heavy (non-hydrogen) atoms. The van der Waals surface area contributed by atoms with Crippen LogP contribution in [0.5, 0.6) is 0 Å². The number of hydrogen-bond donors (Lipinski definition) is 7. The van der Waals surface area contributed by atoms with E-state index in [0.29, 0.717) is 37.3 Å². The van der Waals surface area contributed by atoms with E-state index in [9.17, 15) is 29.4 Å². The molecule has 13 heteroatoms. The van der Waals surface area contributed by atoms with Crippen LogP contribution in [-0.2, 0) is 19.2 Å². The number of nitrogens with one attached hydrogen (secondary N) is 3. The van der Waals surface area contributed by atoms with Crippen LogP contribution >= 0.6 is 23.5 Å². The van der Waals surface area contributed by atoms with Crippen LogP contribution in [0.1, 0.15) is 32.1 Å². The SMILES string of the molecule is CSCCC(NC(=O)C(CO)NC(=O)C(CCSC)NC(=O)C(N)CCCCN)C(=O)O. The number of unbranched alkanes of at least 4 members (excludes halogenated alkanes) is 1. The highest BCUT2D eigenvalue weighted by atomic mass is 32.2. The normalized spacial score (nSPS) is 14.7. The number of carbonyl (C=O) groups excluding carboxylic acids is 3. The van der Waals surface area contributed by atoms with E-state index < -0.39 is 54.5 Å². The number of hydrogen-bond acceptors (Lipinski definition) is 9. The van der Waals surface area contributed by atoms with Gasteiger partial charge in [-0.05, 0) is 56.2 Å². The second-order valence-corrected chi connectivity index (χ2v) is 9.13. The largest absolute Gasteiger partial charge is 0.480 e. The minimum Gasteiger partial charge on any atom is -0.480 e. The van der Waals surface area contributed by atoms with Gasteiger partial charge in [0.05, 0.1) is 12.6 Å². The van der Waals surface area contributed by atoms with Gasteiger partial charge < -0.3 is 37.6 Å². The minimum atomic E-state index is -1.36. The van der Waals surface area contributed by atoms with Crippen LogP contribution < -0.4 is 27.4 Å². The summed E-state index contributed by atoms with van der Waals surface area (Å²) >= 11 is 2.91. The van der Waals surface area contributed by atoms with Gasteiger partial charge in [-0.2, -0.15) is 23.5 Å². The Balaban J connectivity index is 5.08. The maximum absolute atomic E-state index is 12.7. The van der Waals surface area contributed by atoms with Crippen LogP contribution in [0.2, 0.25) is 0 Å². The van der Waals surface area contributed by atoms with Crippen molar-refractivity contribution < 1.29 is 29.4 Å². The van der Waals surface area contributed by atoms with E-state index in [2.05, 4.69) is 16.0 Å². The quantitative estimate of drug-likeness (QED) is 0.110. The summed E-state index contributed by atoms with van der Waals surface area (Å²) in [6.45, 7) is -0.230. The summed E-state index contributed by atoms with van der Waals surface area (Å²) in [6, 6.07) is -4.25. The molecule has 0 aliphatic carbocycles. The average molecular weight is 496 g/mol. The highest BCUT2D eigenvalue weighted by molar-refractivity contribution is 7.98. The fraction of sp³-hybridized carbons (Fsp3) is 0.789. The first-order chi connectivity index (χ1) is 15.2. The van der Waals surface area contributed by atoms with Crippen LogP contribution in [0.25, 0.3) is 0 Å². The summed E-state index contributed by atoms with van der Waals surface area (Å²) in [4.78, 5) is 48.9. The summed E-state index contributed by atoms with van der Waals surface area (Å²) in [5.41, 5.74) is 11.3. The van der Waals surface area contributed by atoms with Crippen molar-refractivity contribution in [1.82, 2.24) is 16.0 Å². The highest BCUT2D eigenvalue weighted by Gasteiger charge is 2.29. The summed E-state index contributed by atoms with van der Waals surface area (Å²) in [5, 5.41) is 26.2. The van der Waals surface area contributed by atoms with Gasteiger partial charge in [0.2, 0.25) is 17.7 Å². The second-order valence-electron chi connectivity index (χ2n) is 7.16. The lowest BCUT2D eigenvalue weighted by Crippen LogP contribution is -2.58. The molecule has 0 aromatic heterocycles. The van der Waals surface area contributed by atoms with Crippen LogP contribution in [0.3, 0.4) is 0 Å². The van der Waals surface area contributed by atoms with Gasteiger partial charge in [0.15, 0.2) is 0 Å². The molecule has 0 radical (unpaired) electrons. The number of carboxylic acid groups (broad SMARTS) is 1. The monoisotopic (exact) mass is 495 g/mol. The van der Waals surface area contributed by atoms with Gasteiger partial charge in [0.1, 0.15) is 18.1 Å². The molecule has 0 saturated heterocycles. The van der Waals surface area contributed by atoms with Crippen LogP contribution in [-0.4, -0.2) is 95.2 Å². The number of aliphatic hydroxyl groups excluding tert-OH is 1. The Kier molecular flexibility index (Phi) is 17.1. The van der Waals surface area contributed by atoms with Gasteiger partial charge in [-0.1, -0.05) is 6.42 Å². The molecule has 0 aliphatic rings. The van der Waals surface area contributed by atoms with Crippen molar-refractivity contribution in [2.45, 2.75) is 56.3 Å². The van der Waals surface area contributed by atoms with E-state index in [1.54, 1.807) is 0 Å². The maximum atomic E-state index is 12.7. The van der Waals surface area contributed by atoms with Crippen molar-refractivity contribution in [2.24, 2.45) is 11.5 Å². The highest BCUT2D eigenvalue weighted by Crippen LogP contribution is 2.05. The number of nitrogens with two attached hydrogens (primary N) is 2. The van der Waals surface area contributed by atoms with E-state index in [1.165, 1.54) is 23.5 Å². The van der Waals surface area contributed by atoms with Crippen LogP contribution in [0.4, 0.5) is 0 Å². The van der Waals surface area contributed by atoms with Crippen LogP contribution in [0, 0.1) is 0 Å². The summed E-state index contributed by atoms with van der Waals surface area (Å²) in [6.07, 6.45) is 5.99. The third kappa shape index (κ3) is 12.5. The van der Waals surface area contributed by atoms with E-state index in [1.807, 2.05) is 12.5 Å². The molecule has 0 bridgehead atoms. The van der Waals surface area contributed by atoms with Gasteiger partial charge in [-0.15, -0.1) is 0 Å². The Morgan fingerprint density at radius 3 is 1.81 bits per heavy atom. The molecular formula is C19H37N5O6S2. The zero-order valence-corrected chi connectivity index (χ0v) is 20.3. The van der Waals surface area contributed by atoms with Gasteiger partial charge in [-0.3, -0.25) is 14.4 Å². The smallest absolute Gasteiger partial charge is 0.326 e.